The molecule has 0 radical (unpaired) electrons. The molecule has 1 aromatic heterocycles. The Kier molecular flexibility index (Phi) is 4.74. The fourth-order valence-corrected chi connectivity index (χ4v) is 4.87. The van der Waals surface area contributed by atoms with E-state index in [-0.39, 0.29) is 17.3 Å². The van der Waals surface area contributed by atoms with Crippen molar-refractivity contribution in [1.29, 1.82) is 0 Å². The number of rotatable bonds is 4. The van der Waals surface area contributed by atoms with Gasteiger partial charge in [0.2, 0.25) is 5.91 Å². The number of hydrogen-bond acceptors (Lipinski definition) is 3. The van der Waals surface area contributed by atoms with Gasteiger partial charge in [-0.3, -0.25) is 9.69 Å². The minimum absolute atomic E-state index is 0.209. The number of nitrogens with zero attached hydrogens (tertiary/aromatic N) is 3. The molecule has 1 saturated carbocycles. The number of piperidine rings is 1. The predicted molar refractivity (Wildman–Crippen MR) is 110 cm³/mol. The summed E-state index contributed by atoms with van der Waals surface area (Å²) in [5, 5.41) is 0. The highest BCUT2D eigenvalue weighted by Gasteiger charge is 2.50. The number of fused-ring (bicyclic) bond motifs is 2. The van der Waals surface area contributed by atoms with E-state index in [1.807, 2.05) is 6.08 Å². The fourth-order valence-electron chi connectivity index (χ4n) is 4.87. The minimum atomic E-state index is -0.246. The average Bonchev–Trinajstić information content (AvgIpc) is 3.48. The zero-order valence-electron chi connectivity index (χ0n) is 16.6. The lowest BCUT2D eigenvalue weighted by Gasteiger charge is -2.50. The summed E-state index contributed by atoms with van der Waals surface area (Å²) in [6.07, 6.45) is 10.8. The van der Waals surface area contributed by atoms with Crippen LogP contribution in [0, 0.1) is 11.7 Å². The van der Waals surface area contributed by atoms with Gasteiger partial charge in [0, 0.05) is 44.2 Å². The molecule has 3 heterocycles. The Morgan fingerprint density at radius 2 is 1.97 bits per heavy atom. The number of H-pyrrole nitrogens is 1. The molecule has 2 fully saturated rings. The van der Waals surface area contributed by atoms with Gasteiger partial charge >= 0.3 is 0 Å². The van der Waals surface area contributed by atoms with Gasteiger partial charge in [0.1, 0.15) is 5.82 Å². The van der Waals surface area contributed by atoms with Gasteiger partial charge in [-0.15, -0.1) is 0 Å². The molecule has 0 unspecified atom stereocenters. The summed E-state index contributed by atoms with van der Waals surface area (Å²) in [5.74, 6) is 0.367. The number of carbonyl (C=O) groups excluding carboxylic acids is 1. The highest BCUT2D eigenvalue weighted by Crippen LogP contribution is 2.45. The van der Waals surface area contributed by atoms with Crippen molar-refractivity contribution < 1.29 is 9.18 Å². The van der Waals surface area contributed by atoms with Gasteiger partial charge in [0.05, 0.1) is 17.6 Å². The second-order valence-electron chi connectivity index (χ2n) is 8.53. The number of aromatic nitrogens is 2. The van der Waals surface area contributed by atoms with Crippen molar-refractivity contribution in [2.24, 2.45) is 5.92 Å². The molecule has 5 rings (SSSR count). The summed E-state index contributed by atoms with van der Waals surface area (Å²) in [4.78, 5) is 25.6. The molecule has 0 bridgehead atoms. The molecule has 1 aliphatic carbocycles. The van der Waals surface area contributed by atoms with Crippen molar-refractivity contribution in [3.63, 3.8) is 0 Å². The van der Waals surface area contributed by atoms with Gasteiger partial charge in [-0.2, -0.15) is 0 Å². The Morgan fingerprint density at radius 3 is 2.69 bits per heavy atom. The van der Waals surface area contributed by atoms with E-state index >= 15 is 0 Å². The number of imidazole rings is 1. The lowest BCUT2D eigenvalue weighted by atomic mass is 9.78. The standard InChI is InChI=1S/C23H27FN4O/c24-19-7-3-17(4-8-19)2-1-12-27-14-10-23(11-15-27)21-20(25-16-26-21)9-13-28(23)22(29)18-5-6-18/h1-4,7-8,16,18H,5-6,9-15H2,(H,25,26)/b2-1+. The molecule has 29 heavy (non-hydrogen) atoms. The molecule has 152 valence electrons. The van der Waals surface area contributed by atoms with Crippen molar-refractivity contribution in [2.75, 3.05) is 26.2 Å². The summed E-state index contributed by atoms with van der Waals surface area (Å²) in [7, 11) is 0. The third-order valence-electron chi connectivity index (χ3n) is 6.68. The maximum atomic E-state index is 13.0. The highest BCUT2D eigenvalue weighted by molar-refractivity contribution is 5.82. The first-order valence-corrected chi connectivity index (χ1v) is 10.6. The Morgan fingerprint density at radius 1 is 1.21 bits per heavy atom. The molecule has 2 aliphatic heterocycles. The Balaban J connectivity index is 1.28. The number of carbonyl (C=O) groups is 1. The lowest BCUT2D eigenvalue weighted by molar-refractivity contribution is -0.143. The van der Waals surface area contributed by atoms with Crippen LogP contribution in [0.1, 0.15) is 42.6 Å². The second-order valence-corrected chi connectivity index (χ2v) is 8.53. The van der Waals surface area contributed by atoms with Crippen molar-refractivity contribution in [3.8, 4) is 0 Å². The van der Waals surface area contributed by atoms with E-state index in [0.717, 1.165) is 69.5 Å². The van der Waals surface area contributed by atoms with Crippen LogP contribution >= 0.6 is 0 Å². The third kappa shape index (κ3) is 3.50. The molecule has 1 spiro atoms. The Bertz CT molecular complexity index is 907. The van der Waals surface area contributed by atoms with Crippen LogP contribution in [0.3, 0.4) is 0 Å². The van der Waals surface area contributed by atoms with Gasteiger partial charge in [-0.05, 0) is 43.4 Å². The van der Waals surface area contributed by atoms with Crippen LogP contribution in [0.25, 0.3) is 6.08 Å². The zero-order valence-corrected chi connectivity index (χ0v) is 16.6. The van der Waals surface area contributed by atoms with Crippen molar-refractivity contribution in [1.82, 2.24) is 19.8 Å². The number of amides is 1. The van der Waals surface area contributed by atoms with E-state index in [4.69, 9.17) is 0 Å². The number of halogens is 1. The first kappa shape index (κ1) is 18.6. The fraction of sp³-hybridized carbons (Fsp3) is 0.478. The normalized spacial score (nSPS) is 21.6. The van der Waals surface area contributed by atoms with Crippen molar-refractivity contribution in [3.05, 3.63) is 59.4 Å². The van der Waals surface area contributed by atoms with Crippen LogP contribution in [-0.2, 0) is 16.8 Å². The van der Waals surface area contributed by atoms with Crippen LogP contribution in [0.4, 0.5) is 4.39 Å². The number of aromatic amines is 1. The smallest absolute Gasteiger partial charge is 0.226 e. The van der Waals surface area contributed by atoms with E-state index in [1.165, 1.54) is 17.8 Å². The molecule has 6 heteroatoms. The zero-order chi connectivity index (χ0) is 19.8. The highest BCUT2D eigenvalue weighted by atomic mass is 19.1. The molecular formula is C23H27FN4O. The van der Waals surface area contributed by atoms with Crippen LogP contribution in [0.15, 0.2) is 36.7 Å². The first-order chi connectivity index (χ1) is 14.2. The van der Waals surface area contributed by atoms with Gasteiger partial charge in [0.15, 0.2) is 0 Å². The van der Waals surface area contributed by atoms with Gasteiger partial charge in [-0.1, -0.05) is 24.3 Å². The van der Waals surface area contributed by atoms with Crippen molar-refractivity contribution in [2.45, 2.75) is 37.6 Å². The van der Waals surface area contributed by atoms with Crippen molar-refractivity contribution >= 4 is 12.0 Å². The Hall–Kier alpha value is -2.47. The molecule has 0 atom stereocenters. The number of hydrogen-bond donors (Lipinski definition) is 1. The van der Waals surface area contributed by atoms with E-state index in [2.05, 4.69) is 25.8 Å². The van der Waals surface area contributed by atoms with E-state index in [9.17, 15) is 9.18 Å². The molecule has 1 amide bonds. The maximum absolute atomic E-state index is 13.0. The quantitative estimate of drug-likeness (QED) is 0.865. The van der Waals surface area contributed by atoms with Crippen LogP contribution in [0.2, 0.25) is 0 Å². The molecule has 1 saturated heterocycles. The largest absolute Gasteiger partial charge is 0.348 e. The van der Waals surface area contributed by atoms with Crippen LogP contribution < -0.4 is 0 Å². The average molecular weight is 394 g/mol. The van der Waals surface area contributed by atoms with Crippen LogP contribution in [0.5, 0.6) is 0 Å². The summed E-state index contributed by atoms with van der Waals surface area (Å²) >= 11 is 0. The van der Waals surface area contributed by atoms with E-state index in [0.29, 0.717) is 5.91 Å². The predicted octanol–water partition coefficient (Wildman–Crippen LogP) is 3.35. The summed E-state index contributed by atoms with van der Waals surface area (Å²) in [6, 6.07) is 6.56. The number of benzene rings is 1. The molecule has 5 nitrogen and oxygen atoms in total. The summed E-state index contributed by atoms with van der Waals surface area (Å²) in [5.41, 5.74) is 3.06. The first-order valence-electron chi connectivity index (χ1n) is 10.6. The summed E-state index contributed by atoms with van der Waals surface area (Å²) < 4.78 is 13.0. The van der Waals surface area contributed by atoms with E-state index in [1.54, 1.807) is 18.5 Å². The molecule has 1 aromatic carbocycles. The maximum Gasteiger partial charge on any atom is 0.226 e. The molecule has 1 N–H and O–H groups in total. The second kappa shape index (κ2) is 7.41. The molecule has 3 aliphatic rings. The van der Waals surface area contributed by atoms with Gasteiger partial charge in [0.25, 0.3) is 0 Å². The summed E-state index contributed by atoms with van der Waals surface area (Å²) in [6.45, 7) is 3.54. The monoisotopic (exact) mass is 394 g/mol. The lowest BCUT2D eigenvalue weighted by Crippen LogP contribution is -2.58. The number of nitrogens with one attached hydrogen (secondary N) is 1. The van der Waals surface area contributed by atoms with Crippen LogP contribution in [-0.4, -0.2) is 51.9 Å². The van der Waals surface area contributed by atoms with Gasteiger partial charge < -0.3 is 9.88 Å². The SMILES string of the molecule is O=C(C1CC1)N1CCc2[nH]cnc2C12CCN(C/C=C/c1ccc(F)cc1)CC2. The third-order valence-corrected chi connectivity index (χ3v) is 6.68. The Labute approximate surface area is 170 Å². The minimum Gasteiger partial charge on any atom is -0.348 e. The molecular weight excluding hydrogens is 367 g/mol. The number of likely N-dealkylation sites (tertiary alicyclic amines) is 1. The van der Waals surface area contributed by atoms with E-state index < -0.39 is 0 Å². The van der Waals surface area contributed by atoms with Gasteiger partial charge in [-0.25, -0.2) is 9.37 Å². The molecule has 2 aromatic rings. The topological polar surface area (TPSA) is 52.2 Å².